The summed E-state index contributed by atoms with van der Waals surface area (Å²) in [6, 6.07) is 6.22. The van der Waals surface area contributed by atoms with Gasteiger partial charge < -0.3 is 14.8 Å². The van der Waals surface area contributed by atoms with Gasteiger partial charge in [0, 0.05) is 31.3 Å². The van der Waals surface area contributed by atoms with E-state index in [9.17, 15) is 0 Å². The Morgan fingerprint density at radius 3 is 3.31 bits per heavy atom. The maximum absolute atomic E-state index is 5.76. The van der Waals surface area contributed by atoms with Crippen LogP contribution in [0.1, 0.15) is 11.1 Å². The smallest absolute Gasteiger partial charge is 0.131 e. The van der Waals surface area contributed by atoms with Crippen molar-refractivity contribution < 1.29 is 9.47 Å². The van der Waals surface area contributed by atoms with Crippen molar-refractivity contribution in [3.63, 3.8) is 0 Å². The molecule has 0 saturated heterocycles. The van der Waals surface area contributed by atoms with Gasteiger partial charge in [-0.05, 0) is 0 Å². The van der Waals surface area contributed by atoms with E-state index in [4.69, 9.17) is 9.47 Å². The first-order valence-corrected chi connectivity index (χ1v) is 5.52. The Labute approximate surface area is 96.1 Å². The fourth-order valence-electron chi connectivity index (χ4n) is 1.77. The van der Waals surface area contributed by atoms with Crippen molar-refractivity contribution in [2.75, 3.05) is 26.9 Å². The molecule has 86 valence electrons. The molecule has 0 bridgehead atoms. The molecular weight excluding hydrogens is 202 g/mol. The molecule has 1 aromatic carbocycles. The van der Waals surface area contributed by atoms with Crippen molar-refractivity contribution in [3.8, 4) is 5.75 Å². The van der Waals surface area contributed by atoms with Crippen molar-refractivity contribution in [2.24, 2.45) is 0 Å². The largest absolute Gasteiger partial charge is 0.491 e. The average molecular weight is 219 g/mol. The van der Waals surface area contributed by atoms with Gasteiger partial charge in [0.05, 0.1) is 6.61 Å². The third-order valence-corrected chi connectivity index (χ3v) is 2.53. The normalized spacial score (nSPS) is 15.6. The van der Waals surface area contributed by atoms with Gasteiger partial charge in [0.25, 0.3) is 0 Å². The molecule has 0 atom stereocenters. The number of fused-ring (bicyclic) bond motifs is 1. The first-order valence-electron chi connectivity index (χ1n) is 5.52. The number of methoxy groups -OCH3 is 1. The Morgan fingerprint density at radius 1 is 1.50 bits per heavy atom. The molecule has 1 aromatic rings. The predicted octanol–water partition coefficient (Wildman–Crippen LogP) is 1.83. The van der Waals surface area contributed by atoms with Crippen molar-refractivity contribution in [1.29, 1.82) is 0 Å². The highest BCUT2D eigenvalue weighted by molar-refractivity contribution is 5.60. The van der Waals surface area contributed by atoms with E-state index in [0.717, 1.165) is 31.0 Å². The van der Waals surface area contributed by atoms with Crippen molar-refractivity contribution >= 4 is 6.08 Å². The number of nitrogens with one attached hydrogen (secondary N) is 1. The molecule has 1 heterocycles. The van der Waals surface area contributed by atoms with Crippen LogP contribution in [0, 0.1) is 0 Å². The van der Waals surface area contributed by atoms with Crippen LogP contribution in [0.4, 0.5) is 0 Å². The minimum atomic E-state index is 0.627. The molecule has 1 aliphatic heterocycles. The Balaban J connectivity index is 2.24. The topological polar surface area (TPSA) is 30.5 Å². The fraction of sp³-hybridized carbons (Fsp3) is 0.385. The van der Waals surface area contributed by atoms with Gasteiger partial charge in [-0.25, -0.2) is 0 Å². The molecular formula is C13H17NO2. The lowest BCUT2D eigenvalue weighted by atomic mass is 10.1. The predicted molar refractivity (Wildman–Crippen MR) is 64.6 cm³/mol. The zero-order valence-corrected chi connectivity index (χ0v) is 9.53. The lowest BCUT2D eigenvalue weighted by Crippen LogP contribution is -2.16. The summed E-state index contributed by atoms with van der Waals surface area (Å²) in [5, 5.41) is 3.32. The molecule has 3 heteroatoms. The maximum atomic E-state index is 5.76. The minimum absolute atomic E-state index is 0.627. The minimum Gasteiger partial charge on any atom is -0.491 e. The molecule has 0 radical (unpaired) electrons. The van der Waals surface area contributed by atoms with Crippen LogP contribution in [0.25, 0.3) is 6.08 Å². The van der Waals surface area contributed by atoms with Gasteiger partial charge in [0.15, 0.2) is 0 Å². The van der Waals surface area contributed by atoms with Crippen LogP contribution in [0.2, 0.25) is 0 Å². The molecule has 16 heavy (non-hydrogen) atoms. The second-order valence-electron chi connectivity index (χ2n) is 3.72. The summed E-state index contributed by atoms with van der Waals surface area (Å²) in [5.41, 5.74) is 2.34. The molecule has 0 unspecified atom stereocenters. The first-order chi connectivity index (χ1) is 7.92. The van der Waals surface area contributed by atoms with E-state index in [1.807, 2.05) is 12.2 Å². The van der Waals surface area contributed by atoms with Crippen LogP contribution in [-0.2, 0) is 11.3 Å². The number of hydrogen-bond acceptors (Lipinski definition) is 3. The molecule has 1 N–H and O–H groups in total. The lowest BCUT2D eigenvalue weighted by molar-refractivity contribution is 0.234. The number of para-hydroxylation sites is 1. The van der Waals surface area contributed by atoms with Crippen molar-refractivity contribution in [3.05, 3.63) is 35.4 Å². The summed E-state index contributed by atoms with van der Waals surface area (Å²) < 4.78 is 10.7. The fourth-order valence-corrected chi connectivity index (χ4v) is 1.77. The highest BCUT2D eigenvalue weighted by atomic mass is 16.5. The zero-order chi connectivity index (χ0) is 11.2. The van der Waals surface area contributed by atoms with Gasteiger partial charge in [-0.15, -0.1) is 0 Å². The molecule has 0 aromatic heterocycles. The van der Waals surface area contributed by atoms with Gasteiger partial charge in [-0.3, -0.25) is 0 Å². The molecule has 0 saturated carbocycles. The summed E-state index contributed by atoms with van der Waals surface area (Å²) in [4.78, 5) is 0. The molecule has 0 aliphatic carbocycles. The van der Waals surface area contributed by atoms with Crippen molar-refractivity contribution in [1.82, 2.24) is 5.32 Å². The zero-order valence-electron chi connectivity index (χ0n) is 9.53. The van der Waals surface area contributed by atoms with E-state index in [-0.39, 0.29) is 0 Å². The van der Waals surface area contributed by atoms with E-state index < -0.39 is 0 Å². The Hall–Kier alpha value is -1.32. The second-order valence-corrected chi connectivity index (χ2v) is 3.72. The van der Waals surface area contributed by atoms with Crippen LogP contribution >= 0.6 is 0 Å². The van der Waals surface area contributed by atoms with Gasteiger partial charge >= 0.3 is 0 Å². The summed E-state index contributed by atoms with van der Waals surface area (Å²) in [6.07, 6.45) is 4.05. The van der Waals surface area contributed by atoms with E-state index in [0.29, 0.717) is 6.61 Å². The summed E-state index contributed by atoms with van der Waals surface area (Å²) in [7, 11) is 1.69. The van der Waals surface area contributed by atoms with Crippen LogP contribution in [-0.4, -0.2) is 26.9 Å². The highest BCUT2D eigenvalue weighted by Gasteiger charge is 2.10. The summed E-state index contributed by atoms with van der Waals surface area (Å²) in [5.74, 6) is 1.000. The molecule has 0 spiro atoms. The summed E-state index contributed by atoms with van der Waals surface area (Å²) >= 11 is 0. The van der Waals surface area contributed by atoms with Gasteiger partial charge in [-0.2, -0.15) is 0 Å². The standard InChI is InChI=1S/C13H17NO2/c1-15-8-3-6-11-4-2-5-12-10-14-7-9-16-13(11)12/h2-6,14H,7-10H2,1H3/b6-3+. The molecule has 3 nitrogen and oxygen atoms in total. The second kappa shape index (κ2) is 5.68. The highest BCUT2D eigenvalue weighted by Crippen LogP contribution is 2.26. The third kappa shape index (κ3) is 2.62. The van der Waals surface area contributed by atoms with Crippen molar-refractivity contribution in [2.45, 2.75) is 6.54 Å². The summed E-state index contributed by atoms with van der Waals surface area (Å²) in [6.45, 7) is 3.13. The van der Waals surface area contributed by atoms with E-state index >= 15 is 0 Å². The molecule has 2 rings (SSSR count). The number of benzene rings is 1. The van der Waals surface area contributed by atoms with E-state index in [1.54, 1.807) is 7.11 Å². The lowest BCUT2D eigenvalue weighted by Gasteiger charge is -2.09. The molecule has 1 aliphatic rings. The van der Waals surface area contributed by atoms with Gasteiger partial charge in [-0.1, -0.05) is 30.4 Å². The van der Waals surface area contributed by atoms with Gasteiger partial charge in [0.1, 0.15) is 12.4 Å². The van der Waals surface area contributed by atoms with E-state index in [1.165, 1.54) is 5.56 Å². The average Bonchev–Trinajstić information content (AvgIpc) is 2.55. The third-order valence-electron chi connectivity index (χ3n) is 2.53. The number of hydrogen-bond donors (Lipinski definition) is 1. The quantitative estimate of drug-likeness (QED) is 0.841. The monoisotopic (exact) mass is 219 g/mol. The van der Waals surface area contributed by atoms with Gasteiger partial charge in [0.2, 0.25) is 0 Å². The Bertz CT molecular complexity index is 374. The van der Waals surface area contributed by atoms with Crippen LogP contribution in [0.15, 0.2) is 24.3 Å². The molecule has 0 amide bonds. The first kappa shape index (κ1) is 11.2. The number of ether oxygens (including phenoxy) is 2. The molecule has 0 fully saturated rings. The van der Waals surface area contributed by atoms with E-state index in [2.05, 4.69) is 23.5 Å². The van der Waals surface area contributed by atoms with Crippen LogP contribution in [0.3, 0.4) is 0 Å². The van der Waals surface area contributed by atoms with Crippen LogP contribution < -0.4 is 10.1 Å². The number of rotatable bonds is 3. The Kier molecular flexibility index (Phi) is 3.97. The van der Waals surface area contributed by atoms with Crippen LogP contribution in [0.5, 0.6) is 5.75 Å². The maximum Gasteiger partial charge on any atom is 0.131 e. The SMILES string of the molecule is COC/C=C/c1cccc2c1OCCNC2. The Morgan fingerprint density at radius 2 is 2.44 bits per heavy atom.